The predicted octanol–water partition coefficient (Wildman–Crippen LogP) is 4.07. The zero-order valence-electron chi connectivity index (χ0n) is 15.0. The van der Waals surface area contributed by atoms with Gasteiger partial charge in [0.1, 0.15) is 5.75 Å². The first kappa shape index (κ1) is 17.2. The number of ketones is 1. The van der Waals surface area contributed by atoms with Crippen LogP contribution in [0.4, 0.5) is 0 Å². The Hall–Kier alpha value is -2.62. The van der Waals surface area contributed by atoms with Crippen molar-refractivity contribution in [2.45, 2.75) is 32.6 Å². The minimum Gasteiger partial charge on any atom is -0.493 e. The Balaban J connectivity index is 1.99. The summed E-state index contributed by atoms with van der Waals surface area (Å²) in [5.74, 6) is 0.396. The van der Waals surface area contributed by atoms with Gasteiger partial charge in [-0.1, -0.05) is 26.0 Å². The summed E-state index contributed by atoms with van der Waals surface area (Å²) in [6.07, 6.45) is 0.921. The Morgan fingerprint density at radius 3 is 2.36 bits per heavy atom. The van der Waals surface area contributed by atoms with Gasteiger partial charge in [0, 0.05) is 16.7 Å². The first-order valence-corrected chi connectivity index (χ1v) is 8.34. The van der Waals surface area contributed by atoms with Gasteiger partial charge in [-0.25, -0.2) is 4.79 Å². The fourth-order valence-electron chi connectivity index (χ4n) is 3.16. The Labute approximate surface area is 147 Å². The smallest absolute Gasteiger partial charge is 0.337 e. The van der Waals surface area contributed by atoms with E-state index in [9.17, 15) is 9.59 Å². The number of hydrogen-bond donors (Lipinski definition) is 0. The molecule has 1 aliphatic heterocycles. The number of methoxy groups -OCH3 is 1. The Kier molecular flexibility index (Phi) is 4.38. The zero-order chi connectivity index (χ0) is 18.2. The lowest BCUT2D eigenvalue weighted by molar-refractivity contribution is 0.0600. The minimum absolute atomic E-state index is 0.0228. The van der Waals surface area contributed by atoms with Gasteiger partial charge in [0.2, 0.25) is 0 Å². The zero-order valence-corrected chi connectivity index (χ0v) is 15.0. The van der Waals surface area contributed by atoms with Crippen LogP contribution in [-0.4, -0.2) is 25.5 Å². The van der Waals surface area contributed by atoms with Crippen LogP contribution >= 0.6 is 0 Å². The molecule has 0 spiro atoms. The van der Waals surface area contributed by atoms with Crippen molar-refractivity contribution in [1.29, 1.82) is 0 Å². The first-order valence-electron chi connectivity index (χ1n) is 8.34. The van der Waals surface area contributed by atoms with Crippen molar-refractivity contribution < 1.29 is 19.1 Å². The third-order valence-corrected chi connectivity index (χ3v) is 4.85. The Bertz CT molecular complexity index is 832. The van der Waals surface area contributed by atoms with E-state index < -0.39 is 5.97 Å². The molecule has 0 atom stereocenters. The van der Waals surface area contributed by atoms with Crippen molar-refractivity contribution in [3.05, 3.63) is 64.2 Å². The number of carbonyl (C=O) groups is 2. The van der Waals surface area contributed by atoms with Gasteiger partial charge in [0.15, 0.2) is 5.78 Å². The summed E-state index contributed by atoms with van der Waals surface area (Å²) in [7, 11) is 1.34. The van der Waals surface area contributed by atoms with Gasteiger partial charge in [-0.05, 0) is 48.6 Å². The van der Waals surface area contributed by atoms with E-state index in [1.807, 2.05) is 19.1 Å². The highest BCUT2D eigenvalue weighted by molar-refractivity contribution is 6.10. The molecule has 4 nitrogen and oxygen atoms in total. The van der Waals surface area contributed by atoms with Gasteiger partial charge < -0.3 is 9.47 Å². The maximum absolute atomic E-state index is 13.0. The van der Waals surface area contributed by atoms with Crippen LogP contribution in [-0.2, 0) is 10.2 Å². The standard InChI is InChI=1S/C21H22O4/c1-13-11-18-17(21(2,3)9-10-25-18)12-16(13)19(22)14-5-7-15(8-6-14)20(23)24-4/h5-8,11-12H,9-10H2,1-4H3. The molecule has 0 saturated heterocycles. The van der Waals surface area contributed by atoms with E-state index in [2.05, 4.69) is 18.6 Å². The van der Waals surface area contributed by atoms with Crippen molar-refractivity contribution in [2.24, 2.45) is 0 Å². The van der Waals surface area contributed by atoms with Crippen LogP contribution in [0.3, 0.4) is 0 Å². The van der Waals surface area contributed by atoms with Crippen LogP contribution < -0.4 is 4.74 Å². The number of hydrogen-bond acceptors (Lipinski definition) is 4. The van der Waals surface area contributed by atoms with Crippen molar-refractivity contribution in [3.63, 3.8) is 0 Å². The summed E-state index contributed by atoms with van der Waals surface area (Å²) in [6, 6.07) is 10.5. The second-order valence-electron chi connectivity index (χ2n) is 7.04. The van der Waals surface area contributed by atoms with Crippen LogP contribution in [0, 0.1) is 6.92 Å². The fraction of sp³-hybridized carbons (Fsp3) is 0.333. The largest absolute Gasteiger partial charge is 0.493 e. The Morgan fingerprint density at radius 1 is 1.08 bits per heavy atom. The molecular weight excluding hydrogens is 316 g/mol. The van der Waals surface area contributed by atoms with E-state index in [4.69, 9.17) is 4.74 Å². The molecule has 4 heteroatoms. The quantitative estimate of drug-likeness (QED) is 0.625. The summed E-state index contributed by atoms with van der Waals surface area (Å²) in [5, 5.41) is 0. The summed E-state index contributed by atoms with van der Waals surface area (Å²) in [5.41, 5.74) is 3.58. The van der Waals surface area contributed by atoms with Crippen LogP contribution in [0.1, 0.15) is 57.7 Å². The maximum Gasteiger partial charge on any atom is 0.337 e. The molecule has 0 fully saturated rings. The molecule has 0 aromatic heterocycles. The van der Waals surface area contributed by atoms with Crippen LogP contribution in [0.15, 0.2) is 36.4 Å². The van der Waals surface area contributed by atoms with Gasteiger partial charge in [0.25, 0.3) is 0 Å². The molecular formula is C21H22O4. The average molecular weight is 338 g/mol. The first-order chi connectivity index (χ1) is 11.8. The predicted molar refractivity (Wildman–Crippen MR) is 95.5 cm³/mol. The van der Waals surface area contributed by atoms with Gasteiger partial charge in [-0.3, -0.25) is 4.79 Å². The lowest BCUT2D eigenvalue weighted by Crippen LogP contribution is -2.27. The average Bonchev–Trinajstić information content (AvgIpc) is 2.60. The lowest BCUT2D eigenvalue weighted by Gasteiger charge is -2.33. The normalized spacial score (nSPS) is 15.0. The molecule has 0 N–H and O–H groups in total. The molecule has 0 amide bonds. The Morgan fingerprint density at radius 2 is 1.72 bits per heavy atom. The molecule has 1 aliphatic rings. The molecule has 1 heterocycles. The van der Waals surface area contributed by atoms with E-state index in [0.717, 1.165) is 23.3 Å². The second-order valence-corrected chi connectivity index (χ2v) is 7.04. The third-order valence-electron chi connectivity index (χ3n) is 4.85. The molecule has 0 aliphatic carbocycles. The highest BCUT2D eigenvalue weighted by atomic mass is 16.5. The molecule has 0 bridgehead atoms. The number of aryl methyl sites for hydroxylation is 1. The lowest BCUT2D eigenvalue weighted by atomic mass is 9.78. The number of benzene rings is 2. The molecule has 2 aromatic carbocycles. The number of fused-ring (bicyclic) bond motifs is 1. The van der Waals surface area contributed by atoms with Gasteiger partial charge in [-0.15, -0.1) is 0 Å². The van der Waals surface area contributed by atoms with E-state index in [-0.39, 0.29) is 11.2 Å². The summed E-state index contributed by atoms with van der Waals surface area (Å²) in [4.78, 5) is 24.5. The van der Waals surface area contributed by atoms with Crippen molar-refractivity contribution >= 4 is 11.8 Å². The van der Waals surface area contributed by atoms with Crippen molar-refractivity contribution in [3.8, 4) is 5.75 Å². The van der Waals surface area contributed by atoms with Gasteiger partial charge in [-0.2, -0.15) is 0 Å². The van der Waals surface area contributed by atoms with Crippen LogP contribution in [0.25, 0.3) is 0 Å². The van der Waals surface area contributed by atoms with E-state index in [1.165, 1.54) is 7.11 Å². The highest BCUT2D eigenvalue weighted by Gasteiger charge is 2.30. The fourth-order valence-corrected chi connectivity index (χ4v) is 3.16. The van der Waals surface area contributed by atoms with Gasteiger partial charge in [0.05, 0.1) is 19.3 Å². The summed E-state index contributed by atoms with van der Waals surface area (Å²) < 4.78 is 10.5. The van der Waals surface area contributed by atoms with Crippen molar-refractivity contribution in [2.75, 3.05) is 13.7 Å². The number of ether oxygens (including phenoxy) is 2. The molecule has 25 heavy (non-hydrogen) atoms. The SMILES string of the molecule is COC(=O)c1ccc(C(=O)c2cc3c(cc2C)OCCC3(C)C)cc1. The third kappa shape index (κ3) is 3.16. The van der Waals surface area contributed by atoms with E-state index in [0.29, 0.717) is 23.3 Å². The molecule has 2 aromatic rings. The molecule has 3 rings (SSSR count). The van der Waals surface area contributed by atoms with Crippen LogP contribution in [0.2, 0.25) is 0 Å². The second kappa shape index (κ2) is 6.36. The number of carbonyl (C=O) groups excluding carboxylic acids is 2. The van der Waals surface area contributed by atoms with Crippen LogP contribution in [0.5, 0.6) is 5.75 Å². The summed E-state index contributed by atoms with van der Waals surface area (Å²) >= 11 is 0. The molecule has 0 saturated carbocycles. The number of rotatable bonds is 3. The molecule has 0 radical (unpaired) electrons. The van der Waals surface area contributed by atoms with E-state index >= 15 is 0 Å². The topological polar surface area (TPSA) is 52.6 Å². The monoisotopic (exact) mass is 338 g/mol. The van der Waals surface area contributed by atoms with Crippen molar-refractivity contribution in [1.82, 2.24) is 0 Å². The van der Waals surface area contributed by atoms with E-state index in [1.54, 1.807) is 24.3 Å². The highest BCUT2D eigenvalue weighted by Crippen LogP contribution is 2.40. The molecule has 0 unspecified atom stereocenters. The van der Waals surface area contributed by atoms with Gasteiger partial charge >= 0.3 is 5.97 Å². The maximum atomic E-state index is 13.0. The number of esters is 1. The summed E-state index contributed by atoms with van der Waals surface area (Å²) in [6.45, 7) is 6.95. The molecule has 130 valence electrons. The minimum atomic E-state index is -0.414.